The summed E-state index contributed by atoms with van der Waals surface area (Å²) in [7, 11) is 0. The zero-order chi connectivity index (χ0) is 11.9. The van der Waals surface area contributed by atoms with Gasteiger partial charge in [0.1, 0.15) is 12.2 Å². The third-order valence-corrected chi connectivity index (χ3v) is 1.92. The number of esters is 1. The van der Waals surface area contributed by atoms with Gasteiger partial charge in [0.05, 0.1) is 6.61 Å². The molecular formula is C12H20O3. The topological polar surface area (TPSA) is 43.4 Å². The van der Waals surface area contributed by atoms with E-state index in [2.05, 4.69) is 0 Å². The summed E-state index contributed by atoms with van der Waals surface area (Å²) in [6.45, 7) is 7.90. The third-order valence-electron chi connectivity index (χ3n) is 1.92. The van der Waals surface area contributed by atoms with Crippen LogP contribution in [0.3, 0.4) is 0 Å². The van der Waals surface area contributed by atoms with E-state index in [-0.39, 0.29) is 17.6 Å². The van der Waals surface area contributed by atoms with Gasteiger partial charge in [-0.15, -0.1) is 0 Å². The fraction of sp³-hybridized carbons (Fsp3) is 0.667. The Morgan fingerprint density at radius 1 is 1.33 bits per heavy atom. The van der Waals surface area contributed by atoms with E-state index < -0.39 is 5.97 Å². The molecular weight excluding hydrogens is 192 g/mol. The lowest BCUT2D eigenvalue weighted by Crippen LogP contribution is -2.18. The molecule has 0 aliphatic heterocycles. The molecule has 86 valence electrons. The van der Waals surface area contributed by atoms with Gasteiger partial charge in [-0.05, 0) is 19.3 Å². The molecule has 0 fully saturated rings. The van der Waals surface area contributed by atoms with Crippen LogP contribution in [0, 0.1) is 5.41 Å². The molecule has 0 aromatic heterocycles. The quantitative estimate of drug-likeness (QED) is 0.386. The van der Waals surface area contributed by atoms with Crippen LogP contribution in [0.4, 0.5) is 0 Å². The van der Waals surface area contributed by atoms with Crippen molar-refractivity contribution in [3.8, 4) is 0 Å². The summed E-state index contributed by atoms with van der Waals surface area (Å²) < 4.78 is 4.71. The maximum atomic E-state index is 11.5. The Labute approximate surface area is 91.5 Å². The van der Waals surface area contributed by atoms with Gasteiger partial charge in [0, 0.05) is 6.42 Å². The number of ether oxygens (including phenoxy) is 1. The molecule has 0 amide bonds. The van der Waals surface area contributed by atoms with E-state index in [1.54, 1.807) is 6.92 Å². The highest BCUT2D eigenvalue weighted by molar-refractivity contribution is 5.95. The fourth-order valence-electron chi connectivity index (χ4n) is 1.45. The fourth-order valence-corrected chi connectivity index (χ4v) is 1.45. The molecule has 0 saturated carbocycles. The summed E-state index contributed by atoms with van der Waals surface area (Å²) in [6, 6.07) is 0. The van der Waals surface area contributed by atoms with E-state index in [4.69, 9.17) is 4.74 Å². The Bertz CT molecular complexity index is 252. The smallest absolute Gasteiger partial charge is 0.313 e. The van der Waals surface area contributed by atoms with Gasteiger partial charge in [0.15, 0.2) is 0 Å². The van der Waals surface area contributed by atoms with Crippen molar-refractivity contribution in [1.82, 2.24) is 0 Å². The highest BCUT2D eigenvalue weighted by Gasteiger charge is 2.20. The number of carbonyl (C=O) groups is 2. The number of ketones is 1. The van der Waals surface area contributed by atoms with Gasteiger partial charge in [0.2, 0.25) is 0 Å². The van der Waals surface area contributed by atoms with E-state index in [1.807, 2.05) is 32.9 Å². The van der Waals surface area contributed by atoms with Crippen LogP contribution in [0.2, 0.25) is 0 Å². The molecule has 0 bridgehead atoms. The highest BCUT2D eigenvalue weighted by atomic mass is 16.5. The second-order valence-electron chi connectivity index (χ2n) is 4.19. The molecule has 0 rings (SSSR count). The highest BCUT2D eigenvalue weighted by Crippen LogP contribution is 2.23. The lowest BCUT2D eigenvalue weighted by Gasteiger charge is -2.18. The molecule has 15 heavy (non-hydrogen) atoms. The van der Waals surface area contributed by atoms with Gasteiger partial charge < -0.3 is 4.74 Å². The maximum Gasteiger partial charge on any atom is 0.313 e. The van der Waals surface area contributed by atoms with Crippen LogP contribution in [0.25, 0.3) is 0 Å². The monoisotopic (exact) mass is 212 g/mol. The molecule has 0 saturated heterocycles. The second kappa shape index (κ2) is 6.38. The Hall–Kier alpha value is -1.12. The number of hydrogen-bond acceptors (Lipinski definition) is 3. The number of Topliss-reactive ketones (excluding diaryl/α,β-unsaturated/α-hetero) is 1. The standard InChI is InChI=1S/C12H20O3/c1-5-7-12(3,4)9-10(13)8-11(14)15-6-2/h5,7H,6,8-9H2,1-4H3/b7-5+. The van der Waals surface area contributed by atoms with Crippen molar-refractivity contribution in [2.75, 3.05) is 6.61 Å². The molecule has 0 aliphatic carbocycles. The molecule has 0 aromatic carbocycles. The van der Waals surface area contributed by atoms with Gasteiger partial charge in [-0.25, -0.2) is 0 Å². The molecule has 0 N–H and O–H groups in total. The van der Waals surface area contributed by atoms with Crippen LogP contribution in [0.5, 0.6) is 0 Å². The summed E-state index contributed by atoms with van der Waals surface area (Å²) in [5.74, 6) is -0.504. The van der Waals surface area contributed by atoms with Gasteiger partial charge >= 0.3 is 5.97 Å². The van der Waals surface area contributed by atoms with Crippen molar-refractivity contribution in [3.05, 3.63) is 12.2 Å². The predicted octanol–water partition coefficient (Wildman–Crippen LogP) is 2.50. The first-order valence-electron chi connectivity index (χ1n) is 5.22. The Morgan fingerprint density at radius 2 is 1.93 bits per heavy atom. The van der Waals surface area contributed by atoms with Gasteiger partial charge in [-0.3, -0.25) is 9.59 Å². The second-order valence-corrected chi connectivity index (χ2v) is 4.19. The minimum atomic E-state index is -0.432. The van der Waals surface area contributed by atoms with Crippen LogP contribution in [0.15, 0.2) is 12.2 Å². The number of allylic oxidation sites excluding steroid dienone is 2. The van der Waals surface area contributed by atoms with E-state index in [0.717, 1.165) is 0 Å². The summed E-state index contributed by atoms with van der Waals surface area (Å²) in [6.07, 6.45) is 4.14. The van der Waals surface area contributed by atoms with Crippen LogP contribution in [-0.4, -0.2) is 18.4 Å². The van der Waals surface area contributed by atoms with E-state index in [1.165, 1.54) is 0 Å². The lowest BCUT2D eigenvalue weighted by molar-refractivity contribution is -0.145. The molecule has 3 nitrogen and oxygen atoms in total. The first-order chi connectivity index (χ1) is 6.91. The van der Waals surface area contributed by atoms with Gasteiger partial charge in [0.25, 0.3) is 0 Å². The Kier molecular flexibility index (Phi) is 5.90. The molecule has 0 atom stereocenters. The molecule has 0 heterocycles. The molecule has 0 spiro atoms. The maximum absolute atomic E-state index is 11.5. The summed E-state index contributed by atoms with van der Waals surface area (Å²) in [5.41, 5.74) is -0.182. The Balaban J connectivity index is 4.09. The molecule has 0 radical (unpaired) electrons. The first kappa shape index (κ1) is 13.9. The van der Waals surface area contributed by atoms with E-state index >= 15 is 0 Å². The van der Waals surface area contributed by atoms with Gasteiger partial charge in [-0.1, -0.05) is 26.0 Å². The van der Waals surface area contributed by atoms with Crippen molar-refractivity contribution < 1.29 is 14.3 Å². The van der Waals surface area contributed by atoms with Crippen molar-refractivity contribution >= 4 is 11.8 Å². The van der Waals surface area contributed by atoms with E-state index in [9.17, 15) is 9.59 Å². The van der Waals surface area contributed by atoms with E-state index in [0.29, 0.717) is 13.0 Å². The zero-order valence-electron chi connectivity index (χ0n) is 10.0. The molecule has 0 aliphatic rings. The van der Waals surface area contributed by atoms with Crippen LogP contribution < -0.4 is 0 Å². The van der Waals surface area contributed by atoms with Crippen molar-refractivity contribution in [3.63, 3.8) is 0 Å². The molecule has 0 unspecified atom stereocenters. The molecule has 3 heteroatoms. The average Bonchev–Trinajstić information content (AvgIpc) is 2.01. The normalized spacial score (nSPS) is 11.7. The summed E-state index contributed by atoms with van der Waals surface area (Å²) in [4.78, 5) is 22.5. The van der Waals surface area contributed by atoms with Gasteiger partial charge in [-0.2, -0.15) is 0 Å². The Morgan fingerprint density at radius 3 is 2.40 bits per heavy atom. The van der Waals surface area contributed by atoms with Crippen LogP contribution >= 0.6 is 0 Å². The molecule has 0 aromatic rings. The van der Waals surface area contributed by atoms with Crippen LogP contribution in [0.1, 0.15) is 40.5 Å². The SMILES string of the molecule is C/C=C/C(C)(C)CC(=O)CC(=O)OCC. The minimum Gasteiger partial charge on any atom is -0.466 e. The van der Waals surface area contributed by atoms with Crippen molar-refractivity contribution in [1.29, 1.82) is 0 Å². The summed E-state index contributed by atoms with van der Waals surface area (Å²) >= 11 is 0. The predicted molar refractivity (Wildman–Crippen MR) is 59.5 cm³/mol. The number of rotatable bonds is 6. The van der Waals surface area contributed by atoms with Crippen molar-refractivity contribution in [2.24, 2.45) is 5.41 Å². The lowest BCUT2D eigenvalue weighted by atomic mass is 9.86. The van der Waals surface area contributed by atoms with Crippen molar-refractivity contribution in [2.45, 2.75) is 40.5 Å². The largest absolute Gasteiger partial charge is 0.466 e. The third kappa shape index (κ3) is 6.89. The average molecular weight is 212 g/mol. The minimum absolute atomic E-state index is 0.0726. The first-order valence-corrected chi connectivity index (χ1v) is 5.22. The number of hydrogen-bond donors (Lipinski definition) is 0. The number of carbonyl (C=O) groups excluding carboxylic acids is 2. The summed E-state index contributed by atoms with van der Waals surface area (Å²) in [5, 5.41) is 0. The van der Waals surface area contributed by atoms with Crippen LogP contribution in [-0.2, 0) is 14.3 Å². The zero-order valence-corrected chi connectivity index (χ0v) is 10.0.